The Hall–Kier alpha value is -2.04. The van der Waals surface area contributed by atoms with Gasteiger partial charge in [0, 0.05) is 23.8 Å². The number of benzene rings is 1. The normalized spacial score (nSPS) is 27.8. The van der Waals surface area contributed by atoms with Crippen LogP contribution in [0.4, 0.5) is 0 Å². The molecule has 176 valence electrons. The minimum Gasteiger partial charge on any atom is -0.507 e. The highest BCUT2D eigenvalue weighted by atomic mass is 16.5. The topological polar surface area (TPSA) is 83.8 Å². The summed E-state index contributed by atoms with van der Waals surface area (Å²) in [6, 6.07) is 0. The molecule has 5 heteroatoms. The standard InChI is InChI=1S/C27H38O5/c1-14(2)11-19(28)21-23(30)18-9-10-27(17-8-7-16(13-17)26(27,5)6)32-25(18)22(24(21)31)20(29)12-15(3)4/h14-17,30-31H,7-13H2,1-6H3/t16-,17+,27+/m0/s1. The van der Waals surface area contributed by atoms with Gasteiger partial charge in [0.15, 0.2) is 11.6 Å². The Bertz CT molecular complexity index is 958. The SMILES string of the molecule is CC(C)CC(=O)c1c(O)c2c(c(C(=O)CC(C)C)c1O)O[C@]1(CC2)[C@@H]2CC[C@@H](C2)C1(C)C. The molecule has 5 nitrogen and oxygen atoms in total. The zero-order chi connectivity index (χ0) is 23.6. The van der Waals surface area contributed by atoms with E-state index in [9.17, 15) is 19.8 Å². The first kappa shape index (κ1) is 23.1. The molecular weight excluding hydrogens is 404 g/mol. The van der Waals surface area contributed by atoms with Crippen molar-refractivity contribution >= 4 is 11.6 Å². The highest BCUT2D eigenvalue weighted by Crippen LogP contribution is 2.66. The minimum absolute atomic E-state index is 0.0522. The Kier molecular flexibility index (Phi) is 5.62. The lowest BCUT2D eigenvalue weighted by atomic mass is 9.62. The summed E-state index contributed by atoms with van der Waals surface area (Å²) in [4.78, 5) is 26.3. The molecule has 2 saturated carbocycles. The van der Waals surface area contributed by atoms with E-state index in [4.69, 9.17) is 4.74 Å². The molecule has 1 aliphatic heterocycles. The molecule has 2 aliphatic carbocycles. The fourth-order valence-corrected chi connectivity index (χ4v) is 6.78. The van der Waals surface area contributed by atoms with E-state index in [0.29, 0.717) is 29.6 Å². The number of phenolic OH excluding ortho intramolecular Hbond substituents is 2. The van der Waals surface area contributed by atoms with Crippen LogP contribution in [0, 0.1) is 29.1 Å². The van der Waals surface area contributed by atoms with E-state index in [0.717, 1.165) is 19.3 Å². The average molecular weight is 443 g/mol. The third-order valence-corrected chi connectivity index (χ3v) is 8.48. The number of ketones is 2. The van der Waals surface area contributed by atoms with Crippen LogP contribution in [-0.4, -0.2) is 27.4 Å². The van der Waals surface area contributed by atoms with Crippen molar-refractivity contribution < 1.29 is 24.5 Å². The van der Waals surface area contributed by atoms with E-state index >= 15 is 0 Å². The fraction of sp³-hybridized carbons (Fsp3) is 0.704. The molecular formula is C27H38O5. The van der Waals surface area contributed by atoms with E-state index in [1.54, 1.807) is 0 Å². The summed E-state index contributed by atoms with van der Waals surface area (Å²) in [6.07, 6.45) is 5.17. The fourth-order valence-electron chi connectivity index (χ4n) is 6.78. The minimum atomic E-state index is -0.407. The lowest BCUT2D eigenvalue weighted by molar-refractivity contribution is -0.0976. The van der Waals surface area contributed by atoms with Crippen LogP contribution in [0.2, 0.25) is 0 Å². The van der Waals surface area contributed by atoms with Gasteiger partial charge in [0.1, 0.15) is 34.0 Å². The van der Waals surface area contributed by atoms with Crippen molar-refractivity contribution in [2.45, 2.75) is 92.1 Å². The first-order chi connectivity index (χ1) is 14.9. The number of phenols is 2. The summed E-state index contributed by atoms with van der Waals surface area (Å²) < 4.78 is 6.79. The summed E-state index contributed by atoms with van der Waals surface area (Å²) in [5.74, 6) is 0.295. The van der Waals surface area contributed by atoms with Gasteiger partial charge in [-0.3, -0.25) is 9.59 Å². The lowest BCUT2D eigenvalue weighted by Crippen LogP contribution is -2.55. The van der Waals surface area contributed by atoms with Crippen LogP contribution in [0.25, 0.3) is 0 Å². The Morgan fingerprint density at radius 3 is 2.03 bits per heavy atom. The third-order valence-electron chi connectivity index (χ3n) is 8.48. The second-order valence-electron chi connectivity index (χ2n) is 11.7. The molecule has 1 aromatic rings. The van der Waals surface area contributed by atoms with Crippen LogP contribution in [0.15, 0.2) is 0 Å². The number of rotatable bonds is 6. The van der Waals surface area contributed by atoms with Crippen LogP contribution in [-0.2, 0) is 6.42 Å². The number of hydrogen-bond acceptors (Lipinski definition) is 5. The zero-order valence-corrected chi connectivity index (χ0v) is 20.4. The molecule has 3 atom stereocenters. The van der Waals surface area contributed by atoms with Crippen LogP contribution in [0.3, 0.4) is 0 Å². The largest absolute Gasteiger partial charge is 0.507 e. The maximum absolute atomic E-state index is 13.3. The van der Waals surface area contributed by atoms with Crippen molar-refractivity contribution in [2.75, 3.05) is 0 Å². The van der Waals surface area contributed by atoms with Crippen LogP contribution < -0.4 is 4.74 Å². The zero-order valence-electron chi connectivity index (χ0n) is 20.4. The van der Waals surface area contributed by atoms with Crippen LogP contribution in [0.1, 0.15) is 106 Å². The second-order valence-corrected chi connectivity index (χ2v) is 11.7. The molecule has 3 aliphatic rings. The van der Waals surface area contributed by atoms with Gasteiger partial charge in [0.25, 0.3) is 0 Å². The van der Waals surface area contributed by atoms with Crippen molar-refractivity contribution in [1.82, 2.24) is 0 Å². The number of aromatic hydroxyl groups is 2. The summed E-state index contributed by atoms with van der Waals surface area (Å²) in [6.45, 7) is 12.3. The molecule has 0 radical (unpaired) electrons. The van der Waals surface area contributed by atoms with Gasteiger partial charge in [-0.1, -0.05) is 41.5 Å². The van der Waals surface area contributed by atoms with Gasteiger partial charge in [-0.15, -0.1) is 0 Å². The number of ether oxygens (including phenoxy) is 1. The smallest absolute Gasteiger partial charge is 0.170 e. The molecule has 0 aromatic heterocycles. The number of carbonyl (C=O) groups excluding carboxylic acids is 2. The molecule has 2 fully saturated rings. The molecule has 0 saturated heterocycles. The second kappa shape index (κ2) is 7.78. The van der Waals surface area contributed by atoms with E-state index in [1.807, 2.05) is 27.7 Å². The molecule has 4 rings (SSSR count). The number of hydrogen-bond donors (Lipinski definition) is 2. The van der Waals surface area contributed by atoms with Crippen molar-refractivity contribution in [1.29, 1.82) is 0 Å². The molecule has 32 heavy (non-hydrogen) atoms. The van der Waals surface area contributed by atoms with Gasteiger partial charge in [0.2, 0.25) is 0 Å². The van der Waals surface area contributed by atoms with Crippen LogP contribution >= 0.6 is 0 Å². The van der Waals surface area contributed by atoms with Gasteiger partial charge < -0.3 is 14.9 Å². The Morgan fingerprint density at radius 2 is 1.50 bits per heavy atom. The highest BCUT2D eigenvalue weighted by molar-refractivity contribution is 6.09. The predicted octanol–water partition coefficient (Wildman–Crippen LogP) is 6.08. The predicted molar refractivity (Wildman–Crippen MR) is 124 cm³/mol. The first-order valence-corrected chi connectivity index (χ1v) is 12.3. The molecule has 0 unspecified atom stereocenters. The average Bonchev–Trinajstić information content (AvgIpc) is 3.23. The van der Waals surface area contributed by atoms with Gasteiger partial charge in [-0.25, -0.2) is 0 Å². The van der Waals surface area contributed by atoms with Crippen LogP contribution in [0.5, 0.6) is 17.2 Å². The van der Waals surface area contributed by atoms with Gasteiger partial charge in [0.05, 0.1) is 0 Å². The lowest BCUT2D eigenvalue weighted by Gasteiger charge is -2.52. The number of Topliss-reactive ketones (excluding diaryl/α,β-unsaturated/α-hetero) is 2. The number of carbonyl (C=O) groups is 2. The van der Waals surface area contributed by atoms with Crippen molar-refractivity contribution in [3.8, 4) is 17.2 Å². The first-order valence-electron chi connectivity index (χ1n) is 12.3. The Labute approximate surface area is 191 Å². The van der Waals surface area contributed by atoms with E-state index < -0.39 is 11.4 Å². The van der Waals surface area contributed by atoms with Crippen molar-refractivity contribution in [3.63, 3.8) is 0 Å². The number of fused-ring (bicyclic) bond motifs is 4. The highest BCUT2D eigenvalue weighted by Gasteiger charge is 2.65. The van der Waals surface area contributed by atoms with Gasteiger partial charge >= 0.3 is 0 Å². The Morgan fingerprint density at radius 1 is 0.938 bits per heavy atom. The Balaban J connectivity index is 1.89. The molecule has 1 spiro atoms. The monoisotopic (exact) mass is 442 g/mol. The molecule has 1 aromatic carbocycles. The van der Waals surface area contributed by atoms with E-state index in [-0.39, 0.29) is 58.5 Å². The summed E-state index contributed by atoms with van der Waals surface area (Å²) in [5.41, 5.74) is 0.0281. The van der Waals surface area contributed by atoms with Gasteiger partial charge in [-0.05, 0) is 55.8 Å². The summed E-state index contributed by atoms with van der Waals surface area (Å²) >= 11 is 0. The molecule has 0 amide bonds. The maximum atomic E-state index is 13.3. The molecule has 1 heterocycles. The van der Waals surface area contributed by atoms with Crippen molar-refractivity contribution in [2.24, 2.45) is 29.1 Å². The van der Waals surface area contributed by atoms with Gasteiger partial charge in [-0.2, -0.15) is 0 Å². The maximum Gasteiger partial charge on any atom is 0.170 e. The third kappa shape index (κ3) is 3.26. The quantitative estimate of drug-likeness (QED) is 0.522. The summed E-state index contributed by atoms with van der Waals surface area (Å²) in [7, 11) is 0. The summed E-state index contributed by atoms with van der Waals surface area (Å²) in [5, 5.41) is 22.3. The van der Waals surface area contributed by atoms with E-state index in [1.165, 1.54) is 6.42 Å². The molecule has 2 bridgehead atoms. The van der Waals surface area contributed by atoms with E-state index in [2.05, 4.69) is 13.8 Å². The van der Waals surface area contributed by atoms with Crippen molar-refractivity contribution in [3.05, 3.63) is 16.7 Å². The molecule has 2 N–H and O–H groups in total.